The Morgan fingerprint density at radius 3 is 1.96 bits per heavy atom. The van der Waals surface area contributed by atoms with Crippen LogP contribution in [0.4, 0.5) is 0 Å². The topological polar surface area (TPSA) is 50.9 Å². The molecule has 9 rings (SSSR count). The molecule has 0 aliphatic heterocycles. The Morgan fingerprint density at radius 2 is 1.20 bits per heavy atom. The van der Waals surface area contributed by atoms with Gasteiger partial charge < -0.3 is 5.11 Å². The highest BCUT2D eigenvalue weighted by atomic mass is 16.3. The lowest BCUT2D eigenvalue weighted by atomic mass is 9.79. The number of nitrogens with zero attached hydrogens (tertiary/aromatic N) is 3. The molecule has 264 valence electrons. The van der Waals surface area contributed by atoms with Crippen LogP contribution in [0.3, 0.4) is 0 Å². The Bertz CT molecular complexity index is 2910. The van der Waals surface area contributed by atoms with Gasteiger partial charge in [0.15, 0.2) is 0 Å². The summed E-state index contributed by atoms with van der Waals surface area (Å²) in [4.78, 5) is 10.5. The van der Waals surface area contributed by atoms with Gasteiger partial charge in [-0.2, -0.15) is 0 Å². The molecule has 9 aromatic rings. The second-order valence-electron chi connectivity index (χ2n) is 16.5. The van der Waals surface area contributed by atoms with Gasteiger partial charge in [-0.3, -0.25) is 9.55 Å². The first-order valence-corrected chi connectivity index (χ1v) is 18.7. The monoisotopic (exact) mass is 701 g/mol. The van der Waals surface area contributed by atoms with Crippen LogP contribution in [0.15, 0.2) is 146 Å². The van der Waals surface area contributed by atoms with Crippen molar-refractivity contribution in [3.8, 4) is 45.2 Å². The van der Waals surface area contributed by atoms with Gasteiger partial charge in [-0.15, -0.1) is 0 Å². The number of aromatic nitrogens is 3. The molecule has 2 heterocycles. The average Bonchev–Trinajstić information content (AvgIpc) is 3.55. The molecule has 0 aliphatic rings. The van der Waals surface area contributed by atoms with E-state index in [1.54, 1.807) is 0 Å². The van der Waals surface area contributed by atoms with Crippen molar-refractivity contribution in [2.24, 2.45) is 0 Å². The summed E-state index contributed by atoms with van der Waals surface area (Å²) in [6, 6.07) is 49.3. The fourth-order valence-electron chi connectivity index (χ4n) is 7.88. The van der Waals surface area contributed by atoms with Crippen LogP contribution in [0.25, 0.3) is 82.8 Å². The number of fused-ring (bicyclic) bond motifs is 4. The molecule has 0 saturated heterocycles. The van der Waals surface area contributed by atoms with E-state index in [1.165, 1.54) is 0 Å². The summed E-state index contributed by atoms with van der Waals surface area (Å²) in [6.45, 7) is 13.2. The third kappa shape index (κ3) is 5.61. The van der Waals surface area contributed by atoms with Crippen molar-refractivity contribution in [3.63, 3.8) is 0 Å². The lowest BCUT2D eigenvalue weighted by molar-refractivity contribution is 0.446. The second-order valence-corrected chi connectivity index (χ2v) is 16.5. The molecule has 0 unspecified atom stereocenters. The van der Waals surface area contributed by atoms with Gasteiger partial charge in [-0.05, 0) is 79.9 Å². The van der Waals surface area contributed by atoms with Gasteiger partial charge in [-0.25, -0.2) is 4.98 Å². The van der Waals surface area contributed by atoms with Gasteiger partial charge in [0.25, 0.3) is 0 Å². The Balaban J connectivity index is 1.38. The van der Waals surface area contributed by atoms with Crippen molar-refractivity contribution >= 4 is 43.4 Å². The molecule has 7 aromatic carbocycles. The van der Waals surface area contributed by atoms with Crippen LogP contribution in [0.5, 0.6) is 5.75 Å². The third-order valence-electron chi connectivity index (χ3n) is 10.8. The Morgan fingerprint density at radius 1 is 0.537 bits per heavy atom. The maximum atomic E-state index is 12.3. The van der Waals surface area contributed by atoms with Crippen LogP contribution < -0.4 is 0 Å². The van der Waals surface area contributed by atoms with E-state index in [-0.39, 0.29) is 16.6 Å². The Labute approximate surface area is 316 Å². The molecule has 0 amide bonds. The maximum Gasteiger partial charge on any atom is 0.149 e. The number of pyridine rings is 1. The molecule has 0 bridgehead atoms. The normalized spacial score (nSPS) is 12.3. The lowest BCUT2D eigenvalue weighted by Gasteiger charge is -2.27. The minimum Gasteiger partial charge on any atom is -0.507 e. The molecule has 0 spiro atoms. The van der Waals surface area contributed by atoms with Crippen molar-refractivity contribution in [2.45, 2.75) is 52.4 Å². The number of imidazole rings is 1. The van der Waals surface area contributed by atoms with Crippen molar-refractivity contribution in [2.75, 3.05) is 0 Å². The molecule has 1 N–H and O–H groups in total. The molecule has 4 nitrogen and oxygen atoms in total. The standard InChI is InChI=1S/C50H43N3O/c1-49(2,3)36-28-41(47(54)42(29-36)50(4,5)6)48-52-46-39(22-14-24-45(46)53(48)44-23-13-19-31-15-9-12-21-38(31)44)40-26-35(25-33-17-10-11-20-37(33)40)43-27-32-16-7-8-18-34(32)30-51-43/h7-30,54H,1-6H3. The minimum absolute atomic E-state index is 0.153. The molecule has 0 atom stereocenters. The van der Waals surface area contributed by atoms with Gasteiger partial charge in [0.05, 0.1) is 28.0 Å². The van der Waals surface area contributed by atoms with E-state index in [0.717, 1.165) is 88.1 Å². The zero-order valence-electron chi connectivity index (χ0n) is 31.6. The first-order valence-electron chi connectivity index (χ1n) is 18.7. The van der Waals surface area contributed by atoms with Crippen molar-refractivity contribution in [3.05, 3.63) is 157 Å². The van der Waals surface area contributed by atoms with Crippen molar-refractivity contribution < 1.29 is 5.11 Å². The molecule has 0 fully saturated rings. The Hall–Kier alpha value is -6.26. The number of phenols is 1. The third-order valence-corrected chi connectivity index (χ3v) is 10.8. The zero-order chi connectivity index (χ0) is 37.4. The summed E-state index contributed by atoms with van der Waals surface area (Å²) in [5.74, 6) is 0.975. The molecular weight excluding hydrogens is 659 g/mol. The zero-order valence-corrected chi connectivity index (χ0v) is 31.6. The summed E-state index contributed by atoms with van der Waals surface area (Å²) in [5.41, 5.74) is 9.26. The summed E-state index contributed by atoms with van der Waals surface area (Å²) in [7, 11) is 0. The van der Waals surface area contributed by atoms with Crippen molar-refractivity contribution in [1.29, 1.82) is 0 Å². The molecule has 2 aromatic heterocycles. The quantitative estimate of drug-likeness (QED) is 0.199. The first kappa shape index (κ1) is 33.6. The smallest absolute Gasteiger partial charge is 0.149 e. The van der Waals surface area contributed by atoms with Gasteiger partial charge in [-0.1, -0.05) is 145 Å². The van der Waals surface area contributed by atoms with Crippen LogP contribution in [-0.2, 0) is 10.8 Å². The summed E-state index contributed by atoms with van der Waals surface area (Å²) in [6.07, 6.45) is 1.96. The van der Waals surface area contributed by atoms with Crippen LogP contribution in [-0.4, -0.2) is 19.6 Å². The van der Waals surface area contributed by atoms with Crippen LogP contribution in [0.2, 0.25) is 0 Å². The van der Waals surface area contributed by atoms with Gasteiger partial charge in [0, 0.05) is 33.7 Å². The van der Waals surface area contributed by atoms with E-state index in [2.05, 4.69) is 180 Å². The summed E-state index contributed by atoms with van der Waals surface area (Å²) >= 11 is 0. The largest absolute Gasteiger partial charge is 0.507 e. The second kappa shape index (κ2) is 12.4. The average molecular weight is 702 g/mol. The van der Waals surface area contributed by atoms with E-state index < -0.39 is 0 Å². The number of aromatic hydroxyl groups is 1. The number of phenolic OH excluding ortho intramolecular Hbond substituents is 1. The van der Waals surface area contributed by atoms with Crippen LogP contribution in [0, 0.1) is 0 Å². The number of hydrogen-bond donors (Lipinski definition) is 1. The van der Waals surface area contributed by atoms with Gasteiger partial charge >= 0.3 is 0 Å². The van der Waals surface area contributed by atoms with Crippen LogP contribution in [0.1, 0.15) is 52.7 Å². The molecule has 54 heavy (non-hydrogen) atoms. The Kier molecular flexibility index (Phi) is 7.72. The summed E-state index contributed by atoms with van der Waals surface area (Å²) in [5, 5.41) is 19.1. The SMILES string of the molecule is CC(C)(C)c1cc(-c2nc3c(-c4cc(-c5cc6ccccc6cn5)cc5ccccc45)cccc3n2-c2cccc3ccccc23)c(O)c(C(C)(C)C)c1. The fourth-order valence-corrected chi connectivity index (χ4v) is 7.88. The minimum atomic E-state index is -0.294. The molecule has 0 aliphatic carbocycles. The lowest BCUT2D eigenvalue weighted by Crippen LogP contribution is -2.17. The summed E-state index contributed by atoms with van der Waals surface area (Å²) < 4.78 is 2.26. The van der Waals surface area contributed by atoms with Crippen LogP contribution >= 0.6 is 0 Å². The highest BCUT2D eigenvalue weighted by Gasteiger charge is 2.29. The molecular formula is C50H43N3O. The van der Waals surface area contributed by atoms with Crippen molar-refractivity contribution in [1.82, 2.24) is 14.5 Å². The fraction of sp³-hybridized carbons (Fsp3) is 0.160. The van der Waals surface area contributed by atoms with E-state index in [4.69, 9.17) is 9.97 Å². The van der Waals surface area contributed by atoms with Gasteiger partial charge in [0.2, 0.25) is 0 Å². The number of rotatable bonds is 4. The van der Waals surface area contributed by atoms with E-state index in [0.29, 0.717) is 5.82 Å². The van der Waals surface area contributed by atoms with Gasteiger partial charge in [0.1, 0.15) is 11.6 Å². The maximum absolute atomic E-state index is 12.3. The first-order chi connectivity index (χ1) is 26.0. The molecule has 0 saturated carbocycles. The van der Waals surface area contributed by atoms with E-state index >= 15 is 0 Å². The number of hydrogen-bond acceptors (Lipinski definition) is 3. The number of benzene rings is 7. The van der Waals surface area contributed by atoms with E-state index in [9.17, 15) is 5.11 Å². The highest BCUT2D eigenvalue weighted by molar-refractivity contribution is 6.07. The predicted octanol–water partition coefficient (Wildman–Crippen LogP) is 13.2. The molecule has 0 radical (unpaired) electrons. The molecule has 4 heteroatoms. The number of para-hydroxylation sites is 1. The highest BCUT2D eigenvalue weighted by Crippen LogP contribution is 2.45. The predicted molar refractivity (Wildman–Crippen MR) is 227 cm³/mol. The van der Waals surface area contributed by atoms with E-state index in [1.807, 2.05) is 12.3 Å².